The Labute approximate surface area is 417 Å². The zero-order chi connectivity index (χ0) is 49.2. The summed E-state index contributed by atoms with van der Waals surface area (Å²) < 4.78 is 23.4. The number of carbonyl (C=O) groups is 1. The molecule has 0 aromatic rings. The maximum atomic E-state index is 12.9. The van der Waals surface area contributed by atoms with E-state index in [1.807, 2.05) is 21.1 Å². The minimum atomic E-state index is -4.56. The number of nitrogens with zero attached hydrogens (tertiary/aromatic N) is 1. The largest absolute Gasteiger partial charge is 0.756 e. The Kier molecular flexibility index (Phi) is 49.2. The van der Waals surface area contributed by atoms with Gasteiger partial charge in [0.25, 0.3) is 7.82 Å². The van der Waals surface area contributed by atoms with Gasteiger partial charge in [-0.05, 0) is 44.9 Å². The van der Waals surface area contributed by atoms with Crippen LogP contribution in [0.15, 0.2) is 24.3 Å². The number of likely N-dealkylation sites (N-methyl/N-ethyl adjacent to an activating group) is 1. The van der Waals surface area contributed by atoms with Gasteiger partial charge in [0.1, 0.15) is 13.2 Å². The highest BCUT2D eigenvalue weighted by Crippen LogP contribution is 2.38. The molecule has 0 bridgehead atoms. The first kappa shape index (κ1) is 66.0. The molecule has 9 heteroatoms. The Morgan fingerprint density at radius 2 is 0.866 bits per heavy atom. The van der Waals surface area contributed by atoms with Crippen molar-refractivity contribution in [2.45, 2.75) is 302 Å². The van der Waals surface area contributed by atoms with Gasteiger partial charge in [0, 0.05) is 6.42 Å². The molecule has 0 aromatic heterocycles. The van der Waals surface area contributed by atoms with Crippen molar-refractivity contribution in [2.75, 3.05) is 40.9 Å². The van der Waals surface area contributed by atoms with Crippen LogP contribution in [0, 0.1) is 0 Å². The Morgan fingerprint density at radius 3 is 1.24 bits per heavy atom. The molecular formula is C58H115N2O6P. The second-order valence-corrected chi connectivity index (χ2v) is 22.8. The minimum Gasteiger partial charge on any atom is -0.756 e. The lowest BCUT2D eigenvalue weighted by Gasteiger charge is -2.30. The summed E-state index contributed by atoms with van der Waals surface area (Å²) in [6, 6.07) is -0.796. The highest BCUT2D eigenvalue weighted by molar-refractivity contribution is 7.45. The summed E-state index contributed by atoms with van der Waals surface area (Å²) in [6.07, 6.45) is 62.3. The van der Waals surface area contributed by atoms with Gasteiger partial charge in [-0.2, -0.15) is 0 Å². The fourth-order valence-electron chi connectivity index (χ4n) is 8.84. The number of allylic oxidation sites excluding steroid dienone is 4. The van der Waals surface area contributed by atoms with Gasteiger partial charge < -0.3 is 28.8 Å². The second kappa shape index (κ2) is 49.9. The lowest BCUT2D eigenvalue weighted by molar-refractivity contribution is -0.870. The van der Waals surface area contributed by atoms with Gasteiger partial charge in [-0.3, -0.25) is 9.36 Å². The number of quaternary nitrogens is 1. The van der Waals surface area contributed by atoms with E-state index in [1.165, 1.54) is 218 Å². The molecule has 0 spiro atoms. The molecule has 0 radical (unpaired) electrons. The van der Waals surface area contributed by atoms with Crippen molar-refractivity contribution in [3.8, 4) is 0 Å². The fourth-order valence-corrected chi connectivity index (χ4v) is 9.56. The normalized spacial score (nSPS) is 14.1. The third kappa shape index (κ3) is 52.6. The summed E-state index contributed by atoms with van der Waals surface area (Å²) in [5.41, 5.74) is 0. The molecule has 0 aliphatic rings. The van der Waals surface area contributed by atoms with Crippen molar-refractivity contribution < 1.29 is 32.9 Å². The number of nitrogens with one attached hydrogen (secondary N) is 1. The first-order valence-corrected chi connectivity index (χ1v) is 30.6. The molecule has 67 heavy (non-hydrogen) atoms. The van der Waals surface area contributed by atoms with Crippen LogP contribution in [0.2, 0.25) is 0 Å². The number of unbranched alkanes of at least 4 members (excludes halogenated alkanes) is 37. The Hall–Kier alpha value is -1.02. The molecule has 1 amide bonds. The number of phosphoric ester groups is 1. The summed E-state index contributed by atoms with van der Waals surface area (Å²) in [4.78, 5) is 25.5. The average molecular weight is 968 g/mol. The molecule has 0 aliphatic carbocycles. The molecule has 0 rings (SSSR count). The van der Waals surface area contributed by atoms with Gasteiger partial charge in [-0.1, -0.05) is 263 Å². The molecule has 0 aliphatic heterocycles. The molecular weight excluding hydrogens is 852 g/mol. The molecule has 0 saturated heterocycles. The predicted molar refractivity (Wildman–Crippen MR) is 289 cm³/mol. The van der Waals surface area contributed by atoms with Gasteiger partial charge in [-0.25, -0.2) is 0 Å². The third-order valence-electron chi connectivity index (χ3n) is 13.4. The summed E-state index contributed by atoms with van der Waals surface area (Å²) in [5, 5.41) is 14.0. The van der Waals surface area contributed by atoms with E-state index in [0.717, 1.165) is 44.9 Å². The zero-order valence-corrected chi connectivity index (χ0v) is 46.3. The Bertz CT molecular complexity index is 1140. The summed E-state index contributed by atoms with van der Waals surface area (Å²) in [5.74, 6) is -0.160. The monoisotopic (exact) mass is 967 g/mol. The predicted octanol–water partition coefficient (Wildman–Crippen LogP) is 17.0. The van der Waals surface area contributed by atoms with E-state index in [9.17, 15) is 19.4 Å². The van der Waals surface area contributed by atoms with Crippen LogP contribution in [0.4, 0.5) is 0 Å². The molecule has 3 atom stereocenters. The average Bonchev–Trinajstić information content (AvgIpc) is 3.29. The number of aliphatic hydroxyl groups is 1. The molecule has 398 valence electrons. The van der Waals surface area contributed by atoms with Crippen molar-refractivity contribution in [1.29, 1.82) is 0 Å². The third-order valence-corrected chi connectivity index (χ3v) is 14.4. The molecule has 0 heterocycles. The van der Waals surface area contributed by atoms with Crippen LogP contribution >= 0.6 is 7.82 Å². The van der Waals surface area contributed by atoms with Crippen molar-refractivity contribution >= 4 is 13.7 Å². The van der Waals surface area contributed by atoms with Gasteiger partial charge in [0.15, 0.2) is 0 Å². The van der Waals surface area contributed by atoms with E-state index in [-0.39, 0.29) is 19.1 Å². The van der Waals surface area contributed by atoms with E-state index < -0.39 is 20.0 Å². The van der Waals surface area contributed by atoms with Crippen LogP contribution in [0.3, 0.4) is 0 Å². The minimum absolute atomic E-state index is 0.0146. The lowest BCUT2D eigenvalue weighted by Crippen LogP contribution is -2.46. The standard InChI is InChI=1S/C58H115N2O6P/c1-6-8-10-12-14-16-18-20-21-22-23-24-25-26-27-28-29-30-31-32-33-34-35-36-37-38-39-40-42-44-46-48-50-52-58(62)59-56(55-66-67(63,64)65-54-53-60(3,4)5)57(61)51-49-47-45-43-41-19-17-15-13-11-9-7-2/h18,20,22-23,56-57,61H,6-17,19,21,24-55H2,1-5H3,(H-,59,62,63,64)/b20-18-,23-22-. The van der Waals surface area contributed by atoms with Gasteiger partial charge in [0.05, 0.1) is 39.9 Å². The highest BCUT2D eigenvalue weighted by Gasteiger charge is 2.24. The number of rotatable bonds is 54. The van der Waals surface area contributed by atoms with Crippen LogP contribution in [0.1, 0.15) is 290 Å². The lowest BCUT2D eigenvalue weighted by atomic mass is 10.0. The van der Waals surface area contributed by atoms with E-state index in [4.69, 9.17) is 9.05 Å². The van der Waals surface area contributed by atoms with E-state index in [2.05, 4.69) is 43.5 Å². The number of carbonyl (C=O) groups excluding carboxylic acids is 1. The van der Waals surface area contributed by atoms with Gasteiger partial charge >= 0.3 is 0 Å². The highest BCUT2D eigenvalue weighted by atomic mass is 31.2. The molecule has 0 saturated carbocycles. The maximum Gasteiger partial charge on any atom is 0.268 e. The van der Waals surface area contributed by atoms with Gasteiger partial charge in [-0.15, -0.1) is 0 Å². The second-order valence-electron chi connectivity index (χ2n) is 21.4. The van der Waals surface area contributed by atoms with Crippen molar-refractivity contribution in [3.63, 3.8) is 0 Å². The SMILES string of the molecule is CCCCCCC/C=C\C/C=C\CCCCCCCCCCCCCCCCCCCCCCCC(=O)NC(COP(=O)([O-])OCC[N+](C)(C)C)C(O)CCCCCCCCCCCCCC. The van der Waals surface area contributed by atoms with Crippen molar-refractivity contribution in [3.05, 3.63) is 24.3 Å². The topological polar surface area (TPSA) is 108 Å². The van der Waals surface area contributed by atoms with E-state index in [1.54, 1.807) is 0 Å². The summed E-state index contributed by atoms with van der Waals surface area (Å²) in [6.45, 7) is 4.73. The van der Waals surface area contributed by atoms with Crippen LogP contribution in [-0.4, -0.2) is 68.5 Å². The maximum absolute atomic E-state index is 12.9. The van der Waals surface area contributed by atoms with Crippen LogP contribution in [0.5, 0.6) is 0 Å². The Balaban J connectivity index is 3.93. The fraction of sp³-hybridized carbons (Fsp3) is 0.914. The zero-order valence-electron chi connectivity index (χ0n) is 45.4. The molecule has 3 unspecified atom stereocenters. The first-order chi connectivity index (χ1) is 32.5. The number of hydrogen-bond donors (Lipinski definition) is 2. The number of phosphoric acid groups is 1. The summed E-state index contributed by atoms with van der Waals surface area (Å²) >= 11 is 0. The number of hydrogen-bond acceptors (Lipinski definition) is 6. The quantitative estimate of drug-likeness (QED) is 0.0272. The van der Waals surface area contributed by atoms with Crippen LogP contribution in [-0.2, 0) is 18.4 Å². The molecule has 8 nitrogen and oxygen atoms in total. The van der Waals surface area contributed by atoms with Crippen LogP contribution < -0.4 is 10.2 Å². The van der Waals surface area contributed by atoms with Crippen molar-refractivity contribution in [2.24, 2.45) is 0 Å². The molecule has 0 fully saturated rings. The Morgan fingerprint density at radius 1 is 0.522 bits per heavy atom. The molecule has 0 aromatic carbocycles. The molecule has 2 N–H and O–H groups in total. The van der Waals surface area contributed by atoms with Crippen molar-refractivity contribution in [1.82, 2.24) is 5.32 Å². The summed E-state index contributed by atoms with van der Waals surface area (Å²) in [7, 11) is 1.32. The number of amides is 1. The number of aliphatic hydroxyl groups excluding tert-OH is 1. The van der Waals surface area contributed by atoms with Crippen LogP contribution in [0.25, 0.3) is 0 Å². The van der Waals surface area contributed by atoms with E-state index >= 15 is 0 Å². The van der Waals surface area contributed by atoms with Gasteiger partial charge in [0.2, 0.25) is 5.91 Å². The van der Waals surface area contributed by atoms with E-state index in [0.29, 0.717) is 23.9 Å². The first-order valence-electron chi connectivity index (χ1n) is 29.2. The smallest absolute Gasteiger partial charge is 0.268 e.